The lowest BCUT2D eigenvalue weighted by Crippen LogP contribution is -2.49. The molecule has 0 aliphatic carbocycles. The Hall–Kier alpha value is -5.86. The van der Waals surface area contributed by atoms with Gasteiger partial charge in [0.1, 0.15) is 23.3 Å². The Kier molecular flexibility index (Phi) is 11.9. The van der Waals surface area contributed by atoms with Crippen molar-refractivity contribution in [2.45, 2.75) is 63.5 Å². The van der Waals surface area contributed by atoms with Gasteiger partial charge in [-0.15, -0.1) is 0 Å². The van der Waals surface area contributed by atoms with E-state index in [9.17, 15) is 14.4 Å². The fourth-order valence-electron chi connectivity index (χ4n) is 10.1. The molecule has 2 aromatic carbocycles. The number of piperidine rings is 3. The molecule has 4 aliphatic rings. The maximum atomic E-state index is 15.2. The van der Waals surface area contributed by atoms with E-state index < -0.39 is 6.04 Å². The number of likely N-dealkylation sites (tertiary alicyclic amines) is 2. The van der Waals surface area contributed by atoms with E-state index in [0.29, 0.717) is 35.4 Å². The summed E-state index contributed by atoms with van der Waals surface area (Å²) >= 11 is 0. The van der Waals surface area contributed by atoms with E-state index in [-0.39, 0.29) is 36.0 Å². The molecule has 5 aromatic rings. The summed E-state index contributed by atoms with van der Waals surface area (Å²) in [4.78, 5) is 55.4. The molecule has 13 nitrogen and oxygen atoms in total. The van der Waals surface area contributed by atoms with Gasteiger partial charge in [0.2, 0.25) is 11.8 Å². The molecule has 9 rings (SSSR count). The Bertz CT molecular complexity index is 2410. The van der Waals surface area contributed by atoms with E-state index in [1.807, 2.05) is 47.6 Å². The number of nitrogens with two attached hydrogens (primary N) is 1. The summed E-state index contributed by atoms with van der Waals surface area (Å²) in [5.74, 6) is 0.641. The second-order valence-electron chi connectivity index (χ2n) is 17.6. The van der Waals surface area contributed by atoms with Crippen molar-refractivity contribution in [3.8, 4) is 11.1 Å². The van der Waals surface area contributed by atoms with Crippen molar-refractivity contribution in [2.75, 3.05) is 74.9 Å². The number of halogens is 1. The SMILES string of the molecule is C[C@@H](c1cc2c(-c3ccc(N)nc3)ccnc2n1C)N1CCC(c2ccc(C(=O)N3CCC(CN4CCN(c5ccc(N[C@@H]6CCC(=O)NC6=O)cc5F)CC4)CC3)cc2)CC1. The minimum Gasteiger partial charge on any atom is -0.384 e. The first-order chi connectivity index (χ1) is 30.1. The highest BCUT2D eigenvalue weighted by Crippen LogP contribution is 2.36. The second-order valence-corrected chi connectivity index (χ2v) is 17.6. The number of fused-ring (bicyclic) bond motifs is 1. The zero-order valence-corrected chi connectivity index (χ0v) is 35.7. The summed E-state index contributed by atoms with van der Waals surface area (Å²) in [5.41, 5.74) is 13.4. The molecule has 2 atom stereocenters. The molecule has 324 valence electrons. The Labute approximate surface area is 362 Å². The van der Waals surface area contributed by atoms with Crippen molar-refractivity contribution < 1.29 is 18.8 Å². The molecule has 14 heteroatoms. The van der Waals surface area contributed by atoms with E-state index in [0.717, 1.165) is 112 Å². The van der Waals surface area contributed by atoms with Crippen LogP contribution in [0.1, 0.15) is 79.0 Å². The van der Waals surface area contributed by atoms with Crippen LogP contribution in [-0.4, -0.2) is 112 Å². The lowest BCUT2D eigenvalue weighted by molar-refractivity contribution is -0.133. The average Bonchev–Trinajstić information content (AvgIpc) is 3.64. The molecule has 0 radical (unpaired) electrons. The van der Waals surface area contributed by atoms with Crippen molar-refractivity contribution in [3.05, 3.63) is 102 Å². The Balaban J connectivity index is 0.716. The quantitative estimate of drug-likeness (QED) is 0.139. The van der Waals surface area contributed by atoms with Crippen LogP contribution in [0.3, 0.4) is 0 Å². The number of aromatic nitrogens is 3. The van der Waals surface area contributed by atoms with Crippen molar-refractivity contribution in [1.29, 1.82) is 0 Å². The van der Waals surface area contributed by atoms with E-state index in [2.05, 4.69) is 67.1 Å². The molecule has 4 aliphatic heterocycles. The van der Waals surface area contributed by atoms with Gasteiger partial charge in [-0.2, -0.15) is 0 Å². The summed E-state index contributed by atoms with van der Waals surface area (Å²) in [6.07, 6.45) is 8.45. The number of amides is 3. The third kappa shape index (κ3) is 8.76. The molecule has 4 N–H and O–H groups in total. The number of anilines is 3. The number of aryl methyl sites for hydroxylation is 1. The third-order valence-corrected chi connectivity index (χ3v) is 13.9. The predicted octanol–water partition coefficient (Wildman–Crippen LogP) is 6.19. The fourth-order valence-corrected chi connectivity index (χ4v) is 10.1. The highest BCUT2D eigenvalue weighted by Gasteiger charge is 2.30. The number of nitrogens with zero attached hydrogens (tertiary/aromatic N) is 7. The van der Waals surface area contributed by atoms with Gasteiger partial charge in [-0.3, -0.25) is 29.5 Å². The topological polar surface area (TPSA) is 145 Å². The first-order valence-electron chi connectivity index (χ1n) is 22.2. The molecule has 0 bridgehead atoms. The lowest BCUT2D eigenvalue weighted by Gasteiger charge is -2.39. The van der Waals surface area contributed by atoms with E-state index in [1.54, 1.807) is 12.1 Å². The van der Waals surface area contributed by atoms with Gasteiger partial charge in [0.15, 0.2) is 0 Å². The van der Waals surface area contributed by atoms with Crippen LogP contribution in [0, 0.1) is 11.7 Å². The smallest absolute Gasteiger partial charge is 0.253 e. The number of hydrogen-bond donors (Lipinski definition) is 3. The highest BCUT2D eigenvalue weighted by molar-refractivity contribution is 6.01. The Morgan fingerprint density at radius 1 is 0.887 bits per heavy atom. The highest BCUT2D eigenvalue weighted by atomic mass is 19.1. The van der Waals surface area contributed by atoms with Crippen LogP contribution in [0.2, 0.25) is 0 Å². The van der Waals surface area contributed by atoms with Gasteiger partial charge in [-0.05, 0) is 130 Å². The van der Waals surface area contributed by atoms with Crippen LogP contribution in [0.15, 0.2) is 79.1 Å². The van der Waals surface area contributed by atoms with Crippen molar-refractivity contribution in [1.82, 2.24) is 34.6 Å². The molecular formula is C48H57FN10O3. The number of carbonyl (C=O) groups is 3. The molecule has 4 saturated heterocycles. The van der Waals surface area contributed by atoms with Crippen LogP contribution in [0.5, 0.6) is 0 Å². The number of piperazine rings is 1. The maximum Gasteiger partial charge on any atom is 0.253 e. The molecule has 4 fully saturated rings. The first-order valence-corrected chi connectivity index (χ1v) is 22.2. The Morgan fingerprint density at radius 2 is 1.65 bits per heavy atom. The van der Waals surface area contributed by atoms with E-state index in [1.165, 1.54) is 17.3 Å². The van der Waals surface area contributed by atoms with Crippen molar-refractivity contribution in [3.63, 3.8) is 0 Å². The van der Waals surface area contributed by atoms with Gasteiger partial charge in [-0.25, -0.2) is 14.4 Å². The molecule has 0 unspecified atom stereocenters. The largest absolute Gasteiger partial charge is 0.384 e. The monoisotopic (exact) mass is 840 g/mol. The fraction of sp³-hybridized carbons (Fsp3) is 0.438. The maximum absolute atomic E-state index is 15.2. The van der Waals surface area contributed by atoms with Gasteiger partial charge in [0.05, 0.1) is 5.69 Å². The van der Waals surface area contributed by atoms with Gasteiger partial charge < -0.3 is 25.4 Å². The van der Waals surface area contributed by atoms with Gasteiger partial charge in [0, 0.05) is 106 Å². The van der Waals surface area contributed by atoms with Crippen molar-refractivity contribution >= 4 is 45.9 Å². The standard InChI is InChI=1S/C48H57FN10O3/c1-31(43-28-39-38(13-18-51-46(39)55(43)2)36-7-11-44(50)52-29-36)57-21-16-34(17-22-57)33-3-5-35(6-4-33)48(62)59-19-14-32(15-20-59)30-56-23-25-58(26-24-56)42-10-8-37(27-40(42)49)53-41-9-12-45(60)54-47(41)61/h3-8,10-11,13,18,27-29,31-32,34,41,53H,9,12,14-17,19-26,30H2,1-2H3,(H2,50,52)(H,54,60,61)/t31-,41+/m0/s1. The number of rotatable bonds is 10. The van der Waals surface area contributed by atoms with Gasteiger partial charge >= 0.3 is 0 Å². The minimum atomic E-state index is -0.550. The normalized spacial score (nSPS) is 20.4. The number of nitrogens with one attached hydrogen (secondary N) is 2. The van der Waals surface area contributed by atoms with Crippen LogP contribution in [-0.2, 0) is 16.6 Å². The summed E-state index contributed by atoms with van der Waals surface area (Å²) in [5, 5.41) is 6.51. The predicted molar refractivity (Wildman–Crippen MR) is 240 cm³/mol. The minimum absolute atomic E-state index is 0.118. The van der Waals surface area contributed by atoms with E-state index >= 15 is 4.39 Å². The average molecular weight is 841 g/mol. The van der Waals surface area contributed by atoms with E-state index in [4.69, 9.17) is 10.7 Å². The van der Waals surface area contributed by atoms with Gasteiger partial charge in [0.25, 0.3) is 5.91 Å². The number of nitrogen functional groups attached to an aromatic ring is 1. The summed E-state index contributed by atoms with van der Waals surface area (Å²) in [7, 11) is 2.11. The number of benzene rings is 2. The first kappa shape index (κ1) is 41.5. The van der Waals surface area contributed by atoms with Crippen LogP contribution >= 0.6 is 0 Å². The lowest BCUT2D eigenvalue weighted by atomic mass is 9.88. The zero-order valence-electron chi connectivity index (χ0n) is 35.7. The summed E-state index contributed by atoms with van der Waals surface area (Å²) in [6.45, 7) is 9.98. The molecule has 0 saturated carbocycles. The van der Waals surface area contributed by atoms with Gasteiger partial charge in [-0.1, -0.05) is 12.1 Å². The number of hydrogen-bond acceptors (Lipinski definition) is 10. The second kappa shape index (κ2) is 17.9. The molecule has 3 amide bonds. The molecular weight excluding hydrogens is 784 g/mol. The molecule has 7 heterocycles. The summed E-state index contributed by atoms with van der Waals surface area (Å²) in [6, 6.07) is 21.3. The van der Waals surface area contributed by atoms with Crippen LogP contribution in [0.4, 0.5) is 21.6 Å². The molecule has 3 aromatic heterocycles. The number of pyridine rings is 2. The van der Waals surface area contributed by atoms with Crippen LogP contribution in [0.25, 0.3) is 22.2 Å². The molecule has 62 heavy (non-hydrogen) atoms. The molecule has 0 spiro atoms. The third-order valence-electron chi connectivity index (χ3n) is 13.9. The zero-order chi connectivity index (χ0) is 42.9. The van der Waals surface area contributed by atoms with Crippen molar-refractivity contribution in [2.24, 2.45) is 13.0 Å². The summed E-state index contributed by atoms with van der Waals surface area (Å²) < 4.78 is 17.5. The number of carbonyl (C=O) groups excluding carboxylic acids is 3. The Morgan fingerprint density at radius 3 is 2.34 bits per heavy atom. The number of imide groups is 1. The van der Waals surface area contributed by atoms with Crippen LogP contribution < -0.4 is 21.3 Å².